The summed E-state index contributed by atoms with van der Waals surface area (Å²) in [6.45, 7) is 0. The number of halogens is 2. The minimum atomic E-state index is -0.756. The maximum atomic E-state index is 10.5. The summed E-state index contributed by atoms with van der Waals surface area (Å²) in [5.41, 5.74) is 5.63. The van der Waals surface area contributed by atoms with E-state index in [0.29, 0.717) is 0 Å². The highest BCUT2D eigenvalue weighted by molar-refractivity contribution is 14.1. The molecular weight excluding hydrogens is 422 g/mol. The quantitative estimate of drug-likeness (QED) is 0.312. The Kier molecular flexibility index (Phi) is 4.57. The molecule has 5 N–H and O–H groups in total. The number of hydrogen-bond donors (Lipinski definition) is 4. The van der Waals surface area contributed by atoms with Crippen molar-refractivity contribution in [3.63, 3.8) is 0 Å². The molecule has 0 unspecified atom stereocenters. The summed E-state index contributed by atoms with van der Waals surface area (Å²) < 4.78 is 2.08. The van der Waals surface area contributed by atoms with Crippen molar-refractivity contribution in [2.75, 3.05) is 5.32 Å². The van der Waals surface area contributed by atoms with Gasteiger partial charge in [-0.3, -0.25) is 10.7 Å². The summed E-state index contributed by atoms with van der Waals surface area (Å²) in [5, 5.41) is 12.2. The van der Waals surface area contributed by atoms with E-state index in [1.54, 1.807) is 0 Å². The normalized spacial score (nSPS) is 9.47. The minimum Gasteiger partial charge on any atom is -0.351 e. The third-order valence-electron chi connectivity index (χ3n) is 1.44. The maximum Gasteiger partial charge on any atom is 0.318 e. The zero-order valence-corrected chi connectivity index (χ0v) is 11.8. The molecule has 80 valence electrons. The summed E-state index contributed by atoms with van der Waals surface area (Å²) in [7, 11) is 0. The highest BCUT2D eigenvalue weighted by Crippen LogP contribution is 2.20. The predicted molar refractivity (Wildman–Crippen MR) is 75.9 cm³/mol. The van der Waals surface area contributed by atoms with Gasteiger partial charge in [0.25, 0.3) is 0 Å². The Labute approximate surface area is 114 Å². The number of guanidine groups is 1. The number of primary amides is 1. The van der Waals surface area contributed by atoms with Gasteiger partial charge in [0.05, 0.1) is 5.69 Å². The van der Waals surface area contributed by atoms with Crippen molar-refractivity contribution >= 4 is 62.9 Å². The molecule has 2 amide bonds. The van der Waals surface area contributed by atoms with Crippen molar-refractivity contribution < 1.29 is 4.79 Å². The van der Waals surface area contributed by atoms with E-state index in [1.807, 2.05) is 18.2 Å². The van der Waals surface area contributed by atoms with Crippen molar-refractivity contribution in [3.05, 3.63) is 25.3 Å². The Hall–Kier alpha value is -0.580. The number of nitrogens with two attached hydrogens (primary N) is 1. The van der Waals surface area contributed by atoms with Gasteiger partial charge in [-0.05, 0) is 63.4 Å². The van der Waals surface area contributed by atoms with Gasteiger partial charge in [0.2, 0.25) is 5.96 Å². The topological polar surface area (TPSA) is 91.0 Å². The number of amides is 2. The van der Waals surface area contributed by atoms with Crippen LogP contribution < -0.4 is 16.4 Å². The molecule has 0 bridgehead atoms. The molecule has 1 aromatic rings. The Morgan fingerprint density at radius 1 is 1.40 bits per heavy atom. The number of rotatable bonds is 1. The second-order valence-corrected chi connectivity index (χ2v) is 5.02. The second-order valence-electron chi connectivity index (χ2n) is 2.61. The first-order valence-corrected chi connectivity index (χ1v) is 6.02. The molecule has 0 aliphatic heterocycles. The lowest BCUT2D eigenvalue weighted by atomic mass is 10.3. The van der Waals surface area contributed by atoms with Crippen molar-refractivity contribution in [1.29, 1.82) is 5.41 Å². The lowest BCUT2D eigenvalue weighted by Crippen LogP contribution is -2.38. The van der Waals surface area contributed by atoms with Gasteiger partial charge in [-0.15, -0.1) is 0 Å². The van der Waals surface area contributed by atoms with Crippen LogP contribution in [0.2, 0.25) is 0 Å². The number of urea groups is 1. The van der Waals surface area contributed by atoms with E-state index in [1.165, 1.54) is 0 Å². The van der Waals surface area contributed by atoms with E-state index in [4.69, 9.17) is 11.1 Å². The Balaban J connectivity index is 2.72. The molecule has 0 atom stereocenters. The van der Waals surface area contributed by atoms with Crippen LogP contribution in [0.25, 0.3) is 0 Å². The lowest BCUT2D eigenvalue weighted by molar-refractivity contribution is 0.253. The summed E-state index contributed by atoms with van der Waals surface area (Å²) in [6.07, 6.45) is 0. The number of carbonyl (C=O) groups excluding carboxylic acids is 1. The smallest absolute Gasteiger partial charge is 0.318 e. The third-order valence-corrected chi connectivity index (χ3v) is 3.00. The summed E-state index contributed by atoms with van der Waals surface area (Å²) >= 11 is 4.34. The largest absolute Gasteiger partial charge is 0.351 e. The third kappa shape index (κ3) is 4.20. The maximum absolute atomic E-state index is 10.5. The fraction of sp³-hybridized carbons (Fsp3) is 0. The molecular formula is C8H8I2N4O. The standard InChI is InChI=1S/C8H8I2N4O/c9-4-1-2-6(5(10)3-4)13-7(11)14-8(12)15/h1-3H,(H5,11,12,13,14,15). The first-order valence-electron chi connectivity index (χ1n) is 3.86. The van der Waals surface area contributed by atoms with Crippen LogP contribution >= 0.6 is 45.2 Å². The van der Waals surface area contributed by atoms with Crippen molar-refractivity contribution in [2.45, 2.75) is 0 Å². The van der Waals surface area contributed by atoms with E-state index in [2.05, 4.69) is 55.8 Å². The Bertz CT molecular complexity index is 408. The van der Waals surface area contributed by atoms with Gasteiger partial charge in [-0.25, -0.2) is 4.79 Å². The van der Waals surface area contributed by atoms with Crippen molar-refractivity contribution in [2.24, 2.45) is 5.73 Å². The molecule has 0 saturated carbocycles. The van der Waals surface area contributed by atoms with E-state index >= 15 is 0 Å². The molecule has 0 spiro atoms. The molecule has 0 radical (unpaired) electrons. The zero-order valence-electron chi connectivity index (χ0n) is 7.47. The molecule has 0 saturated heterocycles. The first kappa shape index (κ1) is 12.5. The van der Waals surface area contributed by atoms with Gasteiger partial charge in [0, 0.05) is 7.14 Å². The van der Waals surface area contributed by atoms with E-state index in [9.17, 15) is 4.79 Å². The summed E-state index contributed by atoms with van der Waals surface area (Å²) in [4.78, 5) is 10.5. The van der Waals surface area contributed by atoms with Crippen LogP contribution in [0.4, 0.5) is 10.5 Å². The molecule has 0 aromatic heterocycles. The van der Waals surface area contributed by atoms with Crippen LogP contribution in [0.5, 0.6) is 0 Å². The van der Waals surface area contributed by atoms with Gasteiger partial charge in [0.1, 0.15) is 0 Å². The van der Waals surface area contributed by atoms with Crippen LogP contribution in [0, 0.1) is 12.5 Å². The molecule has 0 heterocycles. The van der Waals surface area contributed by atoms with Crippen LogP contribution in [0.3, 0.4) is 0 Å². The highest BCUT2D eigenvalue weighted by Gasteiger charge is 2.03. The molecule has 1 rings (SSSR count). The van der Waals surface area contributed by atoms with Crippen LogP contribution in [0.15, 0.2) is 18.2 Å². The minimum absolute atomic E-state index is 0.137. The molecule has 7 heteroatoms. The SMILES string of the molecule is N=C(NC(N)=O)Nc1ccc(I)cc1I. The number of nitrogens with one attached hydrogen (secondary N) is 3. The van der Waals surface area contributed by atoms with Crippen molar-refractivity contribution in [1.82, 2.24) is 5.32 Å². The fourth-order valence-corrected chi connectivity index (χ4v) is 2.62. The summed E-state index contributed by atoms with van der Waals surface area (Å²) in [5.74, 6) is -0.137. The van der Waals surface area contributed by atoms with Gasteiger partial charge < -0.3 is 11.1 Å². The fourth-order valence-electron chi connectivity index (χ4n) is 0.880. The van der Waals surface area contributed by atoms with Crippen LogP contribution in [-0.4, -0.2) is 12.0 Å². The monoisotopic (exact) mass is 430 g/mol. The van der Waals surface area contributed by atoms with Crippen LogP contribution in [-0.2, 0) is 0 Å². The first-order chi connectivity index (χ1) is 6.99. The zero-order chi connectivity index (χ0) is 11.4. The van der Waals surface area contributed by atoms with Gasteiger partial charge >= 0.3 is 6.03 Å². The van der Waals surface area contributed by atoms with Crippen LogP contribution in [0.1, 0.15) is 0 Å². The van der Waals surface area contributed by atoms with Gasteiger partial charge in [0.15, 0.2) is 0 Å². The number of carbonyl (C=O) groups is 1. The molecule has 1 aromatic carbocycles. The average Bonchev–Trinajstić information content (AvgIpc) is 2.08. The highest BCUT2D eigenvalue weighted by atomic mass is 127. The van der Waals surface area contributed by atoms with Gasteiger partial charge in [-0.1, -0.05) is 0 Å². The molecule has 0 aliphatic rings. The number of anilines is 1. The molecule has 15 heavy (non-hydrogen) atoms. The van der Waals surface area contributed by atoms with E-state index in [0.717, 1.165) is 12.8 Å². The Morgan fingerprint density at radius 3 is 2.60 bits per heavy atom. The molecule has 0 aliphatic carbocycles. The number of hydrogen-bond acceptors (Lipinski definition) is 2. The lowest BCUT2D eigenvalue weighted by Gasteiger charge is -2.09. The average molecular weight is 430 g/mol. The van der Waals surface area contributed by atoms with E-state index in [-0.39, 0.29) is 5.96 Å². The van der Waals surface area contributed by atoms with E-state index < -0.39 is 6.03 Å². The predicted octanol–water partition coefficient (Wildman–Crippen LogP) is 1.91. The Morgan fingerprint density at radius 2 is 2.07 bits per heavy atom. The molecule has 0 fully saturated rings. The summed E-state index contributed by atoms with van der Waals surface area (Å²) in [6, 6.07) is 4.94. The second kappa shape index (κ2) is 5.49. The molecule has 5 nitrogen and oxygen atoms in total. The van der Waals surface area contributed by atoms with Crippen molar-refractivity contribution in [3.8, 4) is 0 Å². The number of benzene rings is 1. The van der Waals surface area contributed by atoms with Gasteiger partial charge in [-0.2, -0.15) is 0 Å².